The van der Waals surface area contributed by atoms with Gasteiger partial charge < -0.3 is 14.7 Å². The first-order valence-corrected chi connectivity index (χ1v) is 15.4. The van der Waals surface area contributed by atoms with Gasteiger partial charge in [-0.15, -0.1) is 0 Å². The molecule has 0 amide bonds. The first-order chi connectivity index (χ1) is 24.4. The molecule has 0 atom stereocenters. The average Bonchev–Trinajstić information content (AvgIpc) is 2.99. The number of nitrogens with zero attached hydrogens (tertiary/aromatic N) is 2. The highest BCUT2D eigenvalue weighted by Crippen LogP contribution is 2.68. The van der Waals surface area contributed by atoms with Crippen molar-refractivity contribution in [3.8, 4) is 0 Å². The Labute approximate surface area is 299 Å². The third kappa shape index (κ3) is 8.31. The third-order valence-electron chi connectivity index (χ3n) is 7.61. The Balaban J connectivity index is 7.41. The zero-order chi connectivity index (χ0) is 46.7. The molecule has 2 N–H and O–H groups in total. The largest absolute Gasteiger partial charge is 0.481 e. The van der Waals surface area contributed by atoms with Gasteiger partial charge in [0.1, 0.15) is 0 Å². The number of hydrogen-bond donors (Lipinski definition) is 2. The molecule has 0 saturated heterocycles. The van der Waals surface area contributed by atoms with E-state index >= 15 is 0 Å². The van der Waals surface area contributed by atoms with Crippen LogP contribution >= 0.6 is 0 Å². The fourth-order valence-electron chi connectivity index (χ4n) is 4.02. The van der Waals surface area contributed by atoms with Gasteiger partial charge in [0.05, 0.1) is 40.0 Å². The lowest BCUT2D eigenvalue weighted by Crippen LogP contribution is -2.78. The van der Waals surface area contributed by atoms with Crippen LogP contribution in [-0.2, 0) is 19.6 Å². The van der Waals surface area contributed by atoms with Crippen LogP contribution in [0.5, 0.6) is 0 Å². The van der Waals surface area contributed by atoms with Crippen molar-refractivity contribution in [2.24, 2.45) is 0 Å². The van der Waals surface area contributed by atoms with Gasteiger partial charge in [-0.25, -0.2) is 8.42 Å². The van der Waals surface area contributed by atoms with E-state index in [9.17, 15) is 128 Å². The van der Waals surface area contributed by atoms with Crippen molar-refractivity contribution in [2.45, 2.75) is 89.9 Å². The van der Waals surface area contributed by atoms with Crippen molar-refractivity contribution in [1.29, 1.82) is 0 Å². The van der Waals surface area contributed by atoms with Gasteiger partial charge in [-0.2, -0.15) is 114 Å². The quantitative estimate of drug-likeness (QED) is 0.0858. The van der Waals surface area contributed by atoms with Gasteiger partial charge in [0.15, 0.2) is 0 Å². The molecule has 0 fully saturated rings. The smallest absolute Gasteiger partial charge is 0.460 e. The second-order valence-electron chi connectivity index (χ2n) is 12.2. The molecule has 0 aromatic carbocycles. The van der Waals surface area contributed by atoms with Gasteiger partial charge in [0.2, 0.25) is 0 Å². The van der Waals surface area contributed by atoms with Crippen LogP contribution in [0.1, 0.15) is 19.3 Å². The molecule has 0 aliphatic rings. The summed E-state index contributed by atoms with van der Waals surface area (Å²) in [5.74, 6) is -98.4. The molecule has 34 heteroatoms. The Morgan fingerprint density at radius 1 is 0.456 bits per heavy atom. The summed E-state index contributed by atoms with van der Waals surface area (Å²) in [5, 5.41) is 9.19. The molecule has 0 aliphatic heterocycles. The topological polar surface area (TPSA) is 112 Å². The summed E-state index contributed by atoms with van der Waals surface area (Å²) in [5.41, 5.74) is 0. The second kappa shape index (κ2) is 15.3. The van der Waals surface area contributed by atoms with E-state index in [1.165, 1.54) is 0 Å². The lowest BCUT2D eigenvalue weighted by Gasteiger charge is -2.45. The first-order valence-electron chi connectivity index (χ1n) is 13.9. The number of sulfonamides is 1. The van der Waals surface area contributed by atoms with Gasteiger partial charge in [0.25, 0.3) is 10.0 Å². The summed E-state index contributed by atoms with van der Waals surface area (Å²) in [6.07, 6.45) is -11.8. The van der Waals surface area contributed by atoms with Crippen LogP contribution in [0.4, 0.5) is 110 Å². The molecule has 57 heavy (non-hydrogen) atoms. The Kier molecular flexibility index (Phi) is 14.5. The summed E-state index contributed by atoms with van der Waals surface area (Å²) in [4.78, 5) is 21.6. The van der Waals surface area contributed by atoms with Crippen molar-refractivity contribution >= 4 is 22.0 Å². The minimum absolute atomic E-state index is 0.420. The number of alkyl halides is 25. The van der Waals surface area contributed by atoms with E-state index in [4.69, 9.17) is 10.2 Å². The molecule has 0 aromatic rings. The highest BCUT2D eigenvalue weighted by molar-refractivity contribution is 7.90. The first kappa shape index (κ1) is 54.1. The van der Waals surface area contributed by atoms with Crippen LogP contribution in [0.3, 0.4) is 0 Å². The SMILES string of the molecule is C[N+](C)(CCCN(CCC(=O)O)S(=O)(=O)C(F)(F)C(F)(F)C(F)(F)C(F)(F)C(F)(F)C(F)(F)C(F)(F)C(F)(F)C(F)(F)C(F)(F)C(F)(F)C(F)(F)F)CCC(=O)O. The fraction of sp³-hybridized carbons (Fsp3) is 0.913. The molecule has 0 heterocycles. The van der Waals surface area contributed by atoms with E-state index < -0.39 is 147 Å². The van der Waals surface area contributed by atoms with E-state index in [0.29, 0.717) is 0 Å². The minimum atomic E-state index is -9.84. The number of quaternary nitrogens is 1. The lowest BCUT2D eigenvalue weighted by atomic mass is 9.85. The Bertz CT molecular complexity index is 1580. The normalized spacial score (nSPS) is 16.0. The molecule has 340 valence electrons. The molecule has 0 unspecified atom stereocenters. The number of halogens is 25. The third-order valence-corrected chi connectivity index (χ3v) is 9.56. The Morgan fingerprint density at radius 2 is 0.737 bits per heavy atom. The summed E-state index contributed by atoms with van der Waals surface area (Å²) >= 11 is 0. The van der Waals surface area contributed by atoms with E-state index in [0.717, 1.165) is 14.1 Å². The van der Waals surface area contributed by atoms with Gasteiger partial charge in [0, 0.05) is 19.5 Å². The average molecular weight is 929 g/mol. The number of aliphatic carboxylic acids is 2. The predicted molar refractivity (Wildman–Crippen MR) is 132 cm³/mol. The van der Waals surface area contributed by atoms with Gasteiger partial charge in [-0.3, -0.25) is 9.59 Å². The van der Waals surface area contributed by atoms with Crippen LogP contribution in [-0.4, -0.2) is 150 Å². The van der Waals surface area contributed by atoms with E-state index in [2.05, 4.69) is 0 Å². The fourth-order valence-corrected chi connectivity index (χ4v) is 5.50. The van der Waals surface area contributed by atoms with Crippen molar-refractivity contribution < 1.29 is 142 Å². The monoisotopic (exact) mass is 929 g/mol. The van der Waals surface area contributed by atoms with Crippen LogP contribution < -0.4 is 0 Å². The summed E-state index contributed by atoms with van der Waals surface area (Å²) in [6, 6.07) is 0. The standard InChI is InChI=1S/C23H21F25N2O6S/c1-50(2,9-5-11(53)54)8-3-6-49(7-4-10(51)52)57(55,56)23(47,48)21(42,43)19(38,39)17(34,35)15(30,31)13(26,27)12(24,25)14(28,29)16(32,33)18(36,37)20(40,41)22(44,45)46/h3-9H2,1-2H3,(H-,51,52,53,54)/p+1. The molecule has 0 aliphatic carbocycles. The number of carbonyl (C=O) groups is 2. The van der Waals surface area contributed by atoms with Gasteiger partial charge >= 0.3 is 82.6 Å². The maximum atomic E-state index is 14.8. The van der Waals surface area contributed by atoms with Crippen LogP contribution in [0.2, 0.25) is 0 Å². The molecule has 0 bridgehead atoms. The molecular formula is C23H22F25N2O6S+. The maximum absolute atomic E-state index is 14.8. The number of hydrogen-bond acceptors (Lipinski definition) is 4. The summed E-state index contributed by atoms with van der Waals surface area (Å²) < 4.78 is 368. The van der Waals surface area contributed by atoms with Crippen molar-refractivity contribution in [3.63, 3.8) is 0 Å². The molecule has 0 radical (unpaired) electrons. The van der Waals surface area contributed by atoms with E-state index in [1.54, 1.807) is 0 Å². The highest BCUT2D eigenvalue weighted by Gasteiger charge is 3.00. The summed E-state index contributed by atoms with van der Waals surface area (Å²) in [6.45, 7) is -4.94. The van der Waals surface area contributed by atoms with Gasteiger partial charge in [-0.05, 0) is 0 Å². The van der Waals surface area contributed by atoms with Crippen LogP contribution in [0.15, 0.2) is 0 Å². The molecule has 0 saturated carbocycles. The minimum Gasteiger partial charge on any atom is -0.481 e. The zero-order valence-corrected chi connectivity index (χ0v) is 28.0. The number of rotatable bonds is 22. The van der Waals surface area contributed by atoms with E-state index in [1.807, 2.05) is 0 Å². The van der Waals surface area contributed by atoms with Crippen LogP contribution in [0.25, 0.3) is 0 Å². The van der Waals surface area contributed by atoms with Crippen molar-refractivity contribution in [3.05, 3.63) is 0 Å². The van der Waals surface area contributed by atoms with E-state index in [-0.39, 0.29) is 0 Å². The summed E-state index contributed by atoms with van der Waals surface area (Å²) in [7, 11) is -5.81. The Morgan fingerprint density at radius 3 is 1.02 bits per heavy atom. The molecule has 0 rings (SSSR count). The molecular weight excluding hydrogens is 907 g/mol. The molecule has 0 aromatic heterocycles. The van der Waals surface area contributed by atoms with Gasteiger partial charge in [-0.1, -0.05) is 0 Å². The van der Waals surface area contributed by atoms with Crippen molar-refractivity contribution in [2.75, 3.05) is 40.3 Å². The molecule has 0 spiro atoms. The highest BCUT2D eigenvalue weighted by atomic mass is 32.2. The predicted octanol–water partition coefficient (Wildman–Crippen LogP) is 7.54. The molecule has 8 nitrogen and oxygen atoms in total. The second-order valence-corrected chi connectivity index (χ2v) is 14.2. The van der Waals surface area contributed by atoms with Crippen LogP contribution in [0, 0.1) is 0 Å². The maximum Gasteiger partial charge on any atom is 0.460 e. The number of carboxylic acid groups (broad SMARTS) is 2. The zero-order valence-electron chi connectivity index (χ0n) is 27.2. The number of carboxylic acids is 2. The lowest BCUT2D eigenvalue weighted by molar-refractivity contribution is -0.889. The Hall–Kier alpha value is -2.94. The van der Waals surface area contributed by atoms with Crippen molar-refractivity contribution in [1.82, 2.24) is 4.31 Å².